The largest absolute Gasteiger partial charge is 0.309 e. The first-order chi connectivity index (χ1) is 25.3. The van der Waals surface area contributed by atoms with Gasteiger partial charge in [-0.3, -0.25) is 0 Å². The van der Waals surface area contributed by atoms with E-state index >= 15 is 0 Å². The van der Waals surface area contributed by atoms with Crippen LogP contribution in [0.3, 0.4) is 0 Å². The minimum absolute atomic E-state index is 0.667. The lowest BCUT2D eigenvalue weighted by atomic mass is 9.99. The fraction of sp³-hybridized carbons (Fsp3) is 0. The Kier molecular flexibility index (Phi) is 6.36. The lowest BCUT2D eigenvalue weighted by Crippen LogP contribution is -2.21. The van der Waals surface area contributed by atoms with E-state index in [4.69, 9.17) is 0 Å². The second-order valence-electron chi connectivity index (χ2n) is 13.7. The third kappa shape index (κ3) is 4.52. The summed E-state index contributed by atoms with van der Waals surface area (Å²) in [5.74, 6) is 0. The summed E-state index contributed by atoms with van der Waals surface area (Å²) in [5, 5.41) is 8.34. The molecule has 3 heteroatoms. The molecule has 11 rings (SSSR count). The summed E-state index contributed by atoms with van der Waals surface area (Å²) in [6, 6.07) is 65.4. The minimum Gasteiger partial charge on any atom is -0.309 e. The smallest absolute Gasteiger partial charge is 0.0892 e. The number of rotatable bonds is 4. The van der Waals surface area contributed by atoms with Gasteiger partial charge in [-0.25, -0.2) is 0 Å². The Morgan fingerprint density at radius 1 is 0.373 bits per heavy atom. The number of thiophene rings is 1. The van der Waals surface area contributed by atoms with Crippen molar-refractivity contribution in [2.75, 3.05) is 0 Å². The predicted molar refractivity (Wildman–Crippen MR) is 223 cm³/mol. The fourth-order valence-corrected chi connectivity index (χ4v) is 11.7. The van der Waals surface area contributed by atoms with Crippen molar-refractivity contribution in [3.8, 4) is 50.2 Å². The molecule has 1 aliphatic rings. The molecule has 1 nitrogen and oxygen atoms in total. The van der Waals surface area contributed by atoms with Gasteiger partial charge in [-0.05, 0) is 87.0 Å². The number of fused-ring (bicyclic) bond motifs is 9. The highest BCUT2D eigenvalue weighted by Gasteiger charge is 2.22. The van der Waals surface area contributed by atoms with Crippen LogP contribution in [0.15, 0.2) is 176 Å². The maximum Gasteiger partial charge on any atom is 0.0892 e. The van der Waals surface area contributed by atoms with Crippen LogP contribution in [-0.2, 0) is 0 Å². The molecule has 51 heavy (non-hydrogen) atoms. The van der Waals surface area contributed by atoms with E-state index in [1.807, 2.05) is 11.3 Å². The topological polar surface area (TPSA) is 4.93 Å². The number of aromatic nitrogens is 1. The van der Waals surface area contributed by atoms with E-state index in [0.29, 0.717) is 0 Å². The molecule has 0 N–H and O–H groups in total. The average Bonchev–Trinajstić information content (AvgIpc) is 3.86. The van der Waals surface area contributed by atoms with Crippen molar-refractivity contribution in [3.05, 3.63) is 176 Å². The van der Waals surface area contributed by atoms with E-state index in [9.17, 15) is 0 Å². The summed E-state index contributed by atoms with van der Waals surface area (Å²) >= 11 is 1.91. The van der Waals surface area contributed by atoms with E-state index in [0.717, 1.165) is 0 Å². The number of hydrogen-bond acceptors (Lipinski definition) is 1. The molecule has 0 aliphatic carbocycles. The zero-order valence-corrected chi connectivity index (χ0v) is 30.0. The van der Waals surface area contributed by atoms with Crippen molar-refractivity contribution in [2.45, 2.75) is 0 Å². The molecule has 238 valence electrons. The first-order valence-corrected chi connectivity index (χ1v) is 19.9. The third-order valence-electron chi connectivity index (χ3n) is 10.8. The van der Waals surface area contributed by atoms with E-state index in [1.165, 1.54) is 97.4 Å². The minimum atomic E-state index is -0.667. The Balaban J connectivity index is 1.03. The molecule has 2 aromatic heterocycles. The van der Waals surface area contributed by atoms with Crippen LogP contribution in [0.2, 0.25) is 0 Å². The molecule has 0 saturated heterocycles. The van der Waals surface area contributed by atoms with Gasteiger partial charge < -0.3 is 4.57 Å². The summed E-state index contributed by atoms with van der Waals surface area (Å²) in [6.07, 6.45) is 0. The second kappa shape index (κ2) is 11.3. The molecule has 0 atom stereocenters. The molecule has 8 aromatic carbocycles. The molecule has 0 bridgehead atoms. The molecule has 3 heterocycles. The van der Waals surface area contributed by atoms with Crippen molar-refractivity contribution in [2.24, 2.45) is 0 Å². The van der Waals surface area contributed by atoms with Crippen LogP contribution >= 0.6 is 11.3 Å². The predicted octanol–water partition coefficient (Wildman–Crippen LogP) is 11.3. The van der Waals surface area contributed by atoms with Crippen molar-refractivity contribution in [1.29, 1.82) is 0 Å². The van der Waals surface area contributed by atoms with Gasteiger partial charge in [-0.1, -0.05) is 144 Å². The first kappa shape index (κ1) is 28.8. The molecular weight excluding hydrogens is 651 g/mol. The molecular formula is C48H31NSSi. The number of nitrogens with zero attached hydrogens (tertiary/aromatic N) is 1. The lowest BCUT2D eigenvalue weighted by molar-refractivity contribution is 1.18. The standard InChI is InChI=1S/C48H31NSSi/c1-3-10-30(11-4-1)32-19-24-43-41(26-32)42-27-33(31-12-5-2-6-13-31)20-25-44(42)49(43)35-21-23-39-38-22-18-34(28-46(38)51-47(39)29-35)36-15-9-16-40-37-14-7-8-17-45(37)50-48(36)40/h1-29H,51H2. The zero-order chi connectivity index (χ0) is 33.5. The third-order valence-corrected chi connectivity index (χ3v) is 14.0. The van der Waals surface area contributed by atoms with Gasteiger partial charge in [0.15, 0.2) is 0 Å². The fourth-order valence-electron chi connectivity index (χ4n) is 8.40. The van der Waals surface area contributed by atoms with Gasteiger partial charge in [-0.2, -0.15) is 0 Å². The zero-order valence-electron chi connectivity index (χ0n) is 27.8. The number of benzene rings is 8. The first-order valence-electron chi connectivity index (χ1n) is 17.6. The summed E-state index contributed by atoms with van der Waals surface area (Å²) < 4.78 is 5.22. The normalized spacial score (nSPS) is 12.7. The maximum absolute atomic E-state index is 2.50. The molecule has 0 fully saturated rings. The maximum atomic E-state index is 2.50. The van der Waals surface area contributed by atoms with Gasteiger partial charge in [-0.15, -0.1) is 11.3 Å². The molecule has 1 aliphatic heterocycles. The quantitative estimate of drug-likeness (QED) is 0.163. The molecule has 0 radical (unpaired) electrons. The van der Waals surface area contributed by atoms with Crippen LogP contribution in [0, 0.1) is 0 Å². The highest BCUT2D eigenvalue weighted by molar-refractivity contribution is 7.26. The highest BCUT2D eigenvalue weighted by atomic mass is 32.1. The van der Waals surface area contributed by atoms with E-state index in [1.54, 1.807) is 5.19 Å². The van der Waals surface area contributed by atoms with E-state index in [-0.39, 0.29) is 0 Å². The summed E-state index contributed by atoms with van der Waals surface area (Å²) in [7, 11) is -0.667. The van der Waals surface area contributed by atoms with Crippen LogP contribution in [0.25, 0.3) is 92.2 Å². The van der Waals surface area contributed by atoms with Gasteiger partial charge in [0.05, 0.1) is 20.6 Å². The van der Waals surface area contributed by atoms with Gasteiger partial charge in [0.1, 0.15) is 0 Å². The van der Waals surface area contributed by atoms with Gasteiger partial charge in [0.2, 0.25) is 0 Å². The van der Waals surface area contributed by atoms with Crippen LogP contribution in [0.5, 0.6) is 0 Å². The monoisotopic (exact) mass is 681 g/mol. The van der Waals surface area contributed by atoms with Gasteiger partial charge in [0, 0.05) is 36.6 Å². The summed E-state index contributed by atoms with van der Waals surface area (Å²) in [6.45, 7) is 0. The molecule has 10 aromatic rings. The van der Waals surface area contributed by atoms with Crippen LogP contribution in [0.1, 0.15) is 0 Å². The van der Waals surface area contributed by atoms with Crippen molar-refractivity contribution in [1.82, 2.24) is 4.57 Å². The molecule has 0 saturated carbocycles. The summed E-state index contributed by atoms with van der Waals surface area (Å²) in [5.41, 5.74) is 14.2. The van der Waals surface area contributed by atoms with Crippen molar-refractivity contribution < 1.29 is 0 Å². The Hall–Kier alpha value is -6.00. The van der Waals surface area contributed by atoms with Crippen LogP contribution in [0.4, 0.5) is 0 Å². The van der Waals surface area contributed by atoms with Crippen LogP contribution in [-0.4, -0.2) is 14.1 Å². The highest BCUT2D eigenvalue weighted by Crippen LogP contribution is 2.41. The second-order valence-corrected chi connectivity index (χ2v) is 16.6. The van der Waals surface area contributed by atoms with E-state index in [2.05, 4.69) is 180 Å². The molecule has 0 amide bonds. The average molecular weight is 682 g/mol. The Bertz CT molecular complexity index is 2890. The SMILES string of the molecule is c1ccc(-c2ccc3c(c2)c2cc(-c4ccccc4)ccc2n3-c2ccc3c(c2)[SiH2]c2cc(-c4cccc5c4sc4ccccc45)ccc2-3)cc1. The van der Waals surface area contributed by atoms with E-state index < -0.39 is 9.52 Å². The van der Waals surface area contributed by atoms with Gasteiger partial charge in [0.25, 0.3) is 0 Å². The van der Waals surface area contributed by atoms with Gasteiger partial charge >= 0.3 is 0 Å². The Morgan fingerprint density at radius 3 is 1.67 bits per heavy atom. The van der Waals surface area contributed by atoms with Crippen LogP contribution < -0.4 is 10.4 Å². The molecule has 0 spiro atoms. The Morgan fingerprint density at radius 2 is 0.961 bits per heavy atom. The van der Waals surface area contributed by atoms with Crippen molar-refractivity contribution in [3.63, 3.8) is 0 Å². The molecule has 0 unspecified atom stereocenters. The summed E-state index contributed by atoms with van der Waals surface area (Å²) in [4.78, 5) is 0. The number of hydrogen-bond donors (Lipinski definition) is 0. The lowest BCUT2D eigenvalue weighted by Gasteiger charge is -2.11. The van der Waals surface area contributed by atoms with Crippen molar-refractivity contribution >= 4 is 73.2 Å². The Labute approximate surface area is 302 Å².